The second-order valence-electron chi connectivity index (χ2n) is 6.85. The van der Waals surface area contributed by atoms with Crippen LogP contribution in [0.5, 0.6) is 0 Å². The van der Waals surface area contributed by atoms with E-state index in [4.69, 9.17) is 0 Å². The maximum absolute atomic E-state index is 12.7. The van der Waals surface area contributed by atoms with Crippen molar-refractivity contribution in [3.05, 3.63) is 31.0 Å². The number of hydrogen-bond donors (Lipinski definition) is 2. The summed E-state index contributed by atoms with van der Waals surface area (Å²) in [7, 11) is 0. The highest BCUT2D eigenvalue weighted by molar-refractivity contribution is 5.85. The molecule has 2 N–H and O–H groups in total. The van der Waals surface area contributed by atoms with E-state index >= 15 is 0 Å². The van der Waals surface area contributed by atoms with Crippen molar-refractivity contribution < 1.29 is 23.1 Å². The van der Waals surface area contributed by atoms with Crippen LogP contribution in [0.4, 0.5) is 13.2 Å². The Labute approximate surface area is 153 Å². The molecule has 3 rings (SSSR count). The van der Waals surface area contributed by atoms with Gasteiger partial charge in [0.05, 0.1) is 24.1 Å². The predicted molar refractivity (Wildman–Crippen MR) is 89.4 cm³/mol. The zero-order valence-corrected chi connectivity index (χ0v) is 14.6. The third-order valence-corrected chi connectivity index (χ3v) is 4.86. The highest BCUT2D eigenvalue weighted by Gasteiger charge is 2.56. The number of rotatable bonds is 4. The van der Waals surface area contributed by atoms with E-state index in [1.165, 1.54) is 0 Å². The fourth-order valence-electron chi connectivity index (χ4n) is 3.06. The Hall–Kier alpha value is -2.49. The van der Waals surface area contributed by atoms with Crippen LogP contribution in [0.2, 0.25) is 0 Å². The molecule has 2 aromatic rings. The second kappa shape index (κ2) is 7.26. The molecule has 1 amide bonds. The Kier molecular flexibility index (Phi) is 5.18. The van der Waals surface area contributed by atoms with Gasteiger partial charge >= 0.3 is 6.18 Å². The van der Waals surface area contributed by atoms with Crippen LogP contribution in [-0.2, 0) is 4.79 Å². The van der Waals surface area contributed by atoms with Crippen LogP contribution in [0.3, 0.4) is 0 Å². The number of aliphatic hydroxyl groups is 1. The van der Waals surface area contributed by atoms with Crippen LogP contribution in [0.1, 0.15) is 38.6 Å². The third-order valence-electron chi connectivity index (χ3n) is 4.86. The Morgan fingerprint density at radius 2 is 1.93 bits per heavy atom. The van der Waals surface area contributed by atoms with Crippen LogP contribution >= 0.6 is 0 Å². The van der Waals surface area contributed by atoms with E-state index in [1.54, 1.807) is 24.8 Å². The summed E-state index contributed by atoms with van der Waals surface area (Å²) >= 11 is 0. The largest absolute Gasteiger partial charge is 0.426 e. The molecule has 0 aromatic carbocycles. The van der Waals surface area contributed by atoms with Gasteiger partial charge in [-0.15, -0.1) is 0 Å². The smallest absolute Gasteiger partial charge is 0.373 e. The fourth-order valence-corrected chi connectivity index (χ4v) is 3.06. The van der Waals surface area contributed by atoms with Crippen molar-refractivity contribution in [1.82, 2.24) is 25.1 Å². The Morgan fingerprint density at radius 1 is 1.22 bits per heavy atom. The molecule has 2 aromatic heterocycles. The second-order valence-corrected chi connectivity index (χ2v) is 6.85. The molecule has 1 fully saturated rings. The zero-order valence-electron chi connectivity index (χ0n) is 14.6. The Morgan fingerprint density at radius 3 is 2.52 bits per heavy atom. The van der Waals surface area contributed by atoms with Gasteiger partial charge in [0.2, 0.25) is 5.60 Å². The number of hydrogen-bond acceptors (Lipinski definition) is 5. The first-order valence-electron chi connectivity index (χ1n) is 8.59. The number of nitrogens with zero attached hydrogens (tertiary/aromatic N) is 4. The van der Waals surface area contributed by atoms with Gasteiger partial charge in [0.15, 0.2) is 0 Å². The molecule has 1 aliphatic carbocycles. The lowest BCUT2D eigenvalue weighted by Crippen LogP contribution is -2.57. The Balaban J connectivity index is 1.57. The third kappa shape index (κ3) is 4.10. The Bertz CT molecular complexity index is 783. The standard InChI is InChI=1S/C17H20F3N5O2/c1-16(27,17(18,19)20)15(26)24-12-2-4-13(5-3-12)25-10-11(8-23-25)14-9-21-6-7-22-14/h6-10,12-13,27H,2-5H2,1H3,(H,24,26). The lowest BCUT2D eigenvalue weighted by atomic mass is 9.90. The van der Waals surface area contributed by atoms with Gasteiger partial charge in [0, 0.05) is 30.2 Å². The first kappa shape index (κ1) is 19.3. The van der Waals surface area contributed by atoms with Crippen LogP contribution < -0.4 is 5.32 Å². The van der Waals surface area contributed by atoms with Crippen molar-refractivity contribution in [1.29, 1.82) is 0 Å². The minimum Gasteiger partial charge on any atom is -0.373 e. The fraction of sp³-hybridized carbons (Fsp3) is 0.529. The van der Waals surface area contributed by atoms with Gasteiger partial charge in [0.25, 0.3) is 5.91 Å². The van der Waals surface area contributed by atoms with Crippen molar-refractivity contribution in [3.63, 3.8) is 0 Å². The SMILES string of the molecule is CC(O)(C(=O)NC1CCC(n2cc(-c3cnccn3)cn2)CC1)C(F)(F)F. The first-order valence-corrected chi connectivity index (χ1v) is 8.59. The van der Waals surface area contributed by atoms with Gasteiger partial charge in [-0.3, -0.25) is 19.4 Å². The molecule has 1 aliphatic rings. The highest BCUT2D eigenvalue weighted by Crippen LogP contribution is 2.32. The number of aromatic nitrogens is 4. The summed E-state index contributed by atoms with van der Waals surface area (Å²) in [6.07, 6.45) is 5.67. The number of halogens is 3. The van der Waals surface area contributed by atoms with Gasteiger partial charge in [-0.1, -0.05) is 0 Å². The molecular weight excluding hydrogens is 363 g/mol. The molecule has 0 bridgehead atoms. The zero-order chi connectivity index (χ0) is 19.7. The normalized spacial score (nSPS) is 22.9. The summed E-state index contributed by atoms with van der Waals surface area (Å²) in [6, 6.07) is -0.315. The van der Waals surface area contributed by atoms with Crippen LogP contribution in [0, 0.1) is 0 Å². The van der Waals surface area contributed by atoms with Gasteiger partial charge in [-0.2, -0.15) is 18.3 Å². The molecule has 1 atom stereocenters. The molecule has 0 spiro atoms. The summed E-state index contributed by atoms with van der Waals surface area (Å²) in [5.41, 5.74) is -1.85. The van der Waals surface area contributed by atoms with E-state index in [1.807, 2.05) is 10.9 Å². The molecule has 146 valence electrons. The quantitative estimate of drug-likeness (QED) is 0.845. The molecule has 1 saturated carbocycles. The molecule has 1 unspecified atom stereocenters. The minimum absolute atomic E-state index is 0.0895. The monoisotopic (exact) mass is 383 g/mol. The van der Waals surface area contributed by atoms with E-state index in [2.05, 4.69) is 20.4 Å². The van der Waals surface area contributed by atoms with Crippen molar-refractivity contribution in [2.75, 3.05) is 0 Å². The molecule has 27 heavy (non-hydrogen) atoms. The minimum atomic E-state index is -5.01. The van der Waals surface area contributed by atoms with E-state index in [-0.39, 0.29) is 6.04 Å². The van der Waals surface area contributed by atoms with Gasteiger partial charge < -0.3 is 10.4 Å². The molecule has 0 saturated heterocycles. The van der Waals surface area contributed by atoms with Crippen molar-refractivity contribution in [2.24, 2.45) is 0 Å². The predicted octanol–water partition coefficient (Wildman–Crippen LogP) is 2.25. The number of nitrogens with one attached hydrogen (secondary N) is 1. The number of amides is 1. The number of carbonyl (C=O) groups excluding carboxylic acids is 1. The molecule has 7 nitrogen and oxygen atoms in total. The molecule has 0 aliphatic heterocycles. The average Bonchev–Trinajstić information content (AvgIpc) is 3.12. The van der Waals surface area contributed by atoms with Crippen LogP contribution in [-0.4, -0.2) is 48.6 Å². The maximum atomic E-state index is 12.7. The summed E-state index contributed by atoms with van der Waals surface area (Å²) in [5.74, 6) is -1.41. The summed E-state index contributed by atoms with van der Waals surface area (Å²) in [6.45, 7) is 0.464. The molecule has 0 radical (unpaired) electrons. The highest BCUT2D eigenvalue weighted by atomic mass is 19.4. The van der Waals surface area contributed by atoms with Crippen molar-refractivity contribution in [2.45, 2.75) is 56.5 Å². The van der Waals surface area contributed by atoms with Gasteiger partial charge in [0.1, 0.15) is 0 Å². The van der Waals surface area contributed by atoms with Crippen molar-refractivity contribution >= 4 is 5.91 Å². The summed E-state index contributed by atoms with van der Waals surface area (Å²) in [4.78, 5) is 20.0. The first-order chi connectivity index (χ1) is 12.7. The van der Waals surface area contributed by atoms with E-state index in [9.17, 15) is 23.1 Å². The van der Waals surface area contributed by atoms with Crippen molar-refractivity contribution in [3.8, 4) is 11.3 Å². The maximum Gasteiger partial charge on any atom is 0.426 e. The van der Waals surface area contributed by atoms with Gasteiger partial charge in [-0.05, 0) is 32.6 Å². The lowest BCUT2D eigenvalue weighted by Gasteiger charge is -2.32. The number of carbonyl (C=O) groups is 1. The average molecular weight is 383 g/mol. The summed E-state index contributed by atoms with van der Waals surface area (Å²) in [5, 5.41) is 16.1. The van der Waals surface area contributed by atoms with E-state index in [0.717, 1.165) is 5.56 Å². The van der Waals surface area contributed by atoms with Crippen LogP contribution in [0.25, 0.3) is 11.3 Å². The topological polar surface area (TPSA) is 92.9 Å². The molecule has 2 heterocycles. The van der Waals surface area contributed by atoms with E-state index < -0.39 is 23.7 Å². The molecular formula is C17H20F3N5O2. The van der Waals surface area contributed by atoms with E-state index in [0.29, 0.717) is 38.3 Å². The van der Waals surface area contributed by atoms with Crippen LogP contribution in [0.15, 0.2) is 31.0 Å². The molecule has 10 heteroatoms. The summed E-state index contributed by atoms with van der Waals surface area (Å²) < 4.78 is 40.0. The van der Waals surface area contributed by atoms with Gasteiger partial charge in [-0.25, -0.2) is 0 Å². The number of alkyl halides is 3. The lowest BCUT2D eigenvalue weighted by molar-refractivity contribution is -0.245.